The summed E-state index contributed by atoms with van der Waals surface area (Å²) in [4.78, 5) is 19.1. The average molecular weight is 566 g/mol. The molecule has 1 aromatic heterocycles. The molecule has 2 heterocycles. The van der Waals surface area contributed by atoms with Crippen molar-refractivity contribution in [3.8, 4) is 28.6 Å². The van der Waals surface area contributed by atoms with Crippen molar-refractivity contribution in [1.29, 1.82) is 0 Å². The molecule has 0 bridgehead atoms. The molecule has 0 radical (unpaired) electrons. The molecule has 2 aliphatic carbocycles. The molecule has 1 saturated carbocycles. The van der Waals surface area contributed by atoms with Gasteiger partial charge in [-0.3, -0.25) is 9.69 Å². The van der Waals surface area contributed by atoms with E-state index in [1.165, 1.54) is 11.1 Å². The lowest BCUT2D eigenvalue weighted by Gasteiger charge is -2.29. The Morgan fingerprint density at radius 3 is 2.84 bits per heavy atom. The van der Waals surface area contributed by atoms with E-state index >= 15 is 0 Å². The molecule has 2 atom stereocenters. The summed E-state index contributed by atoms with van der Waals surface area (Å²) in [7, 11) is 0. The zero-order chi connectivity index (χ0) is 25.7. The number of likely N-dealkylation sites (tertiary alicyclic amines) is 1. The second kappa shape index (κ2) is 9.55. The van der Waals surface area contributed by atoms with Crippen molar-refractivity contribution in [3.63, 3.8) is 0 Å². The third-order valence-electron chi connectivity index (χ3n) is 8.29. The van der Waals surface area contributed by atoms with Crippen molar-refractivity contribution in [2.45, 2.75) is 64.5 Å². The molecule has 2 fully saturated rings. The zero-order valence-corrected chi connectivity index (χ0v) is 22.8. The Morgan fingerprint density at radius 1 is 1.27 bits per heavy atom. The number of rotatable bonds is 7. The molecule has 0 amide bonds. The van der Waals surface area contributed by atoms with Crippen LogP contribution in [0.25, 0.3) is 22.8 Å². The van der Waals surface area contributed by atoms with Gasteiger partial charge in [-0.15, -0.1) is 0 Å². The van der Waals surface area contributed by atoms with Crippen LogP contribution in [0, 0.1) is 11.3 Å². The highest BCUT2D eigenvalue weighted by molar-refractivity contribution is 9.10. The number of fused-ring (bicyclic) bond motifs is 2. The fraction of sp³-hybridized carbons (Fsp3) is 0.483. The van der Waals surface area contributed by atoms with Gasteiger partial charge >= 0.3 is 5.97 Å². The maximum Gasteiger partial charge on any atom is 0.310 e. The van der Waals surface area contributed by atoms with Crippen molar-refractivity contribution in [2.75, 3.05) is 13.1 Å². The highest BCUT2D eigenvalue weighted by atomic mass is 79.9. The van der Waals surface area contributed by atoms with Crippen LogP contribution in [-0.2, 0) is 17.6 Å². The average Bonchev–Trinajstić information content (AvgIpc) is 3.40. The first-order valence-electron chi connectivity index (χ1n) is 13.2. The summed E-state index contributed by atoms with van der Waals surface area (Å²) in [6.07, 6.45) is 5.85. The van der Waals surface area contributed by atoms with Gasteiger partial charge in [0.05, 0.1) is 16.0 Å². The van der Waals surface area contributed by atoms with E-state index in [-0.39, 0.29) is 6.10 Å². The van der Waals surface area contributed by atoms with Crippen molar-refractivity contribution in [2.24, 2.45) is 11.3 Å². The van der Waals surface area contributed by atoms with E-state index in [1.807, 2.05) is 32.0 Å². The normalized spacial score (nSPS) is 22.4. The van der Waals surface area contributed by atoms with Crippen molar-refractivity contribution in [3.05, 3.63) is 52.0 Å². The number of carboxylic acids is 1. The maximum absolute atomic E-state index is 11.8. The zero-order valence-electron chi connectivity index (χ0n) is 21.2. The summed E-state index contributed by atoms with van der Waals surface area (Å²) in [5.41, 5.74) is 3.97. The largest absolute Gasteiger partial charge is 0.490 e. The number of benzene rings is 2. The summed E-state index contributed by atoms with van der Waals surface area (Å²) in [5.74, 6) is 1.83. The van der Waals surface area contributed by atoms with E-state index in [0.29, 0.717) is 30.2 Å². The number of halogens is 1. The van der Waals surface area contributed by atoms with Crippen LogP contribution in [0.2, 0.25) is 0 Å². The SMILES string of the molecule is CC(C)Oc1ccc(-c2nc(-c3cccc4c3CCC3CCN(CC5(C(=O)O)CC5)C3C4)no2)cc1Br. The van der Waals surface area contributed by atoms with E-state index in [1.54, 1.807) is 0 Å². The molecule has 3 aromatic rings. The predicted molar refractivity (Wildman–Crippen MR) is 143 cm³/mol. The molecule has 1 aliphatic heterocycles. The first kappa shape index (κ1) is 24.6. The first-order valence-corrected chi connectivity index (χ1v) is 14.0. The Labute approximate surface area is 225 Å². The number of aliphatic carboxylic acids is 1. The van der Waals surface area contributed by atoms with Crippen LogP contribution in [0.1, 0.15) is 50.7 Å². The Balaban J connectivity index is 1.25. The highest BCUT2D eigenvalue weighted by Crippen LogP contribution is 2.49. The van der Waals surface area contributed by atoms with E-state index in [4.69, 9.17) is 14.2 Å². The molecule has 3 aliphatic rings. The van der Waals surface area contributed by atoms with Crippen LogP contribution in [0.15, 0.2) is 45.4 Å². The Morgan fingerprint density at radius 2 is 2.11 bits per heavy atom. The van der Waals surface area contributed by atoms with E-state index in [9.17, 15) is 9.90 Å². The van der Waals surface area contributed by atoms with Crippen molar-refractivity contribution in [1.82, 2.24) is 15.0 Å². The summed E-state index contributed by atoms with van der Waals surface area (Å²) in [6, 6.07) is 12.6. The fourth-order valence-corrected chi connectivity index (χ4v) is 6.59. The van der Waals surface area contributed by atoms with E-state index in [0.717, 1.165) is 66.4 Å². The first-order chi connectivity index (χ1) is 17.8. The molecule has 1 saturated heterocycles. The lowest BCUT2D eigenvalue weighted by molar-refractivity contribution is -0.144. The van der Waals surface area contributed by atoms with Gasteiger partial charge in [0, 0.05) is 23.7 Å². The number of hydrogen-bond donors (Lipinski definition) is 1. The van der Waals surface area contributed by atoms with Crippen molar-refractivity contribution >= 4 is 21.9 Å². The number of hydrogen-bond acceptors (Lipinski definition) is 6. The predicted octanol–water partition coefficient (Wildman–Crippen LogP) is 6.00. The van der Waals surface area contributed by atoms with Crippen LogP contribution < -0.4 is 4.74 Å². The molecule has 37 heavy (non-hydrogen) atoms. The van der Waals surface area contributed by atoms with Gasteiger partial charge in [0.1, 0.15) is 5.75 Å². The standard InChI is InChI=1S/C29H32BrN3O4/c1-17(2)36-25-9-7-20(14-23(25)30)27-31-26(32-37-27)22-5-3-4-19-15-24-18(6-8-21(19)22)10-13-33(24)16-29(11-12-29)28(34)35/h3-5,7,9,14,17-18,24H,6,8,10-13,15-16H2,1-2H3,(H,34,35). The fourth-order valence-electron chi connectivity index (χ4n) is 6.12. The molecule has 7 nitrogen and oxygen atoms in total. The number of carboxylic acid groups (broad SMARTS) is 1. The van der Waals surface area contributed by atoms with Gasteiger partial charge in [-0.1, -0.05) is 23.4 Å². The third-order valence-corrected chi connectivity index (χ3v) is 8.91. The summed E-state index contributed by atoms with van der Waals surface area (Å²) < 4.78 is 12.4. The monoisotopic (exact) mass is 565 g/mol. The summed E-state index contributed by atoms with van der Waals surface area (Å²) in [6.45, 7) is 5.68. The maximum atomic E-state index is 11.8. The lowest BCUT2D eigenvalue weighted by atomic mass is 9.94. The minimum atomic E-state index is -0.630. The minimum absolute atomic E-state index is 0.0871. The van der Waals surface area contributed by atoms with Gasteiger partial charge in [-0.2, -0.15) is 4.98 Å². The second-order valence-electron chi connectivity index (χ2n) is 11.1. The second-order valence-corrected chi connectivity index (χ2v) is 11.9. The third kappa shape index (κ3) is 4.70. The summed E-state index contributed by atoms with van der Waals surface area (Å²) >= 11 is 3.59. The minimum Gasteiger partial charge on any atom is -0.490 e. The Hall–Kier alpha value is -2.71. The number of aromatic nitrogens is 2. The lowest BCUT2D eigenvalue weighted by Crippen LogP contribution is -2.40. The van der Waals surface area contributed by atoms with Gasteiger partial charge < -0.3 is 14.4 Å². The number of ether oxygens (including phenoxy) is 1. The van der Waals surface area contributed by atoms with Crippen LogP contribution in [-0.4, -0.2) is 51.4 Å². The highest BCUT2D eigenvalue weighted by Gasteiger charge is 2.53. The van der Waals surface area contributed by atoms with E-state index in [2.05, 4.69) is 44.2 Å². The van der Waals surface area contributed by atoms with Gasteiger partial charge in [0.15, 0.2) is 0 Å². The molecule has 0 spiro atoms. The molecular formula is C29H32BrN3O4. The smallest absolute Gasteiger partial charge is 0.310 e. The van der Waals surface area contributed by atoms with Crippen LogP contribution >= 0.6 is 15.9 Å². The molecule has 8 heteroatoms. The van der Waals surface area contributed by atoms with Gasteiger partial charge in [-0.05, 0) is 110 Å². The number of nitrogens with zero attached hydrogens (tertiary/aromatic N) is 3. The van der Waals surface area contributed by atoms with Crippen LogP contribution in [0.5, 0.6) is 5.75 Å². The number of carbonyl (C=O) groups is 1. The van der Waals surface area contributed by atoms with E-state index < -0.39 is 11.4 Å². The molecule has 1 N–H and O–H groups in total. The van der Waals surface area contributed by atoms with Crippen LogP contribution in [0.3, 0.4) is 0 Å². The quantitative estimate of drug-likeness (QED) is 0.376. The molecule has 2 unspecified atom stereocenters. The Bertz CT molecular complexity index is 1330. The van der Waals surface area contributed by atoms with Gasteiger partial charge in [0.25, 0.3) is 5.89 Å². The molecule has 194 valence electrons. The topological polar surface area (TPSA) is 88.7 Å². The van der Waals surface area contributed by atoms with Gasteiger partial charge in [0.2, 0.25) is 5.82 Å². The molecule has 6 rings (SSSR count). The summed E-state index contributed by atoms with van der Waals surface area (Å²) in [5, 5.41) is 14.1. The Kier molecular flexibility index (Phi) is 6.35. The van der Waals surface area contributed by atoms with Crippen molar-refractivity contribution < 1.29 is 19.2 Å². The van der Waals surface area contributed by atoms with Gasteiger partial charge in [-0.25, -0.2) is 0 Å². The molecule has 2 aromatic carbocycles. The molecular weight excluding hydrogens is 534 g/mol. The van der Waals surface area contributed by atoms with Crippen LogP contribution in [0.4, 0.5) is 0 Å².